The van der Waals surface area contributed by atoms with Gasteiger partial charge in [-0.15, -0.1) is 0 Å². The number of thiol groups is 1. The van der Waals surface area contributed by atoms with Gasteiger partial charge in [0.2, 0.25) is 5.91 Å². The van der Waals surface area contributed by atoms with E-state index in [9.17, 15) is 4.79 Å². The Morgan fingerprint density at radius 1 is 1.41 bits per heavy atom. The Hall–Kier alpha value is -1.07. The number of thiocarbonyl (C=S) groups is 1. The molecule has 0 aliphatic carbocycles. The molecule has 0 fully saturated rings. The second-order valence-corrected chi connectivity index (χ2v) is 4.23. The summed E-state index contributed by atoms with van der Waals surface area (Å²) >= 11 is 9.64. The third kappa shape index (κ3) is 4.75. The van der Waals surface area contributed by atoms with E-state index < -0.39 is 0 Å². The average Bonchev–Trinajstić information content (AvgIpc) is 2.34. The fourth-order valence-corrected chi connectivity index (χ4v) is 2.04. The van der Waals surface area contributed by atoms with Gasteiger partial charge in [-0.05, 0) is 0 Å². The summed E-state index contributed by atoms with van der Waals surface area (Å²) in [5.41, 5.74) is 0.999. The topological polar surface area (TPSA) is 32.3 Å². The van der Waals surface area contributed by atoms with Crippen LogP contribution < -0.4 is 5.32 Å². The van der Waals surface area contributed by atoms with E-state index in [2.05, 4.69) is 17.9 Å². The summed E-state index contributed by atoms with van der Waals surface area (Å²) in [6.07, 6.45) is 0. The number of carbonyl (C=O) groups excluding carboxylic acids is 1. The van der Waals surface area contributed by atoms with Gasteiger partial charge in [-0.2, -0.15) is 12.6 Å². The highest BCUT2D eigenvalue weighted by atomic mass is 32.1. The van der Waals surface area contributed by atoms with Gasteiger partial charge in [0, 0.05) is 25.6 Å². The van der Waals surface area contributed by atoms with Gasteiger partial charge in [0.25, 0.3) is 0 Å². The first-order chi connectivity index (χ1) is 8.15. The summed E-state index contributed by atoms with van der Waals surface area (Å²) in [6.45, 7) is 2.74. The van der Waals surface area contributed by atoms with E-state index in [1.54, 1.807) is 0 Å². The Morgan fingerprint density at radius 2 is 2.06 bits per heavy atom. The molecule has 0 bridgehead atoms. The molecular weight excluding hydrogens is 252 g/mol. The lowest BCUT2D eigenvalue weighted by Crippen LogP contribution is -2.36. The predicted octanol–water partition coefficient (Wildman–Crippen LogP) is 1.69. The van der Waals surface area contributed by atoms with E-state index in [1.165, 1.54) is 6.92 Å². The van der Waals surface area contributed by atoms with E-state index >= 15 is 0 Å². The minimum atomic E-state index is -0.0326. The molecule has 1 rings (SSSR count). The van der Waals surface area contributed by atoms with Crippen molar-refractivity contribution in [2.45, 2.75) is 6.92 Å². The molecule has 0 saturated heterocycles. The Labute approximate surface area is 113 Å². The molecular formula is C12H16N2OS2. The smallest absolute Gasteiger partial charge is 0.216 e. The summed E-state index contributed by atoms with van der Waals surface area (Å²) in [5.74, 6) is 0.502. The van der Waals surface area contributed by atoms with E-state index in [0.29, 0.717) is 19.0 Å². The molecule has 0 aliphatic heterocycles. The summed E-state index contributed by atoms with van der Waals surface area (Å²) < 4.78 is 0. The first-order valence-electron chi connectivity index (χ1n) is 5.34. The van der Waals surface area contributed by atoms with Crippen molar-refractivity contribution in [3.63, 3.8) is 0 Å². The van der Waals surface area contributed by atoms with Gasteiger partial charge in [0.05, 0.1) is 5.88 Å². The van der Waals surface area contributed by atoms with Crippen molar-refractivity contribution in [1.82, 2.24) is 10.2 Å². The number of rotatable bonds is 5. The summed E-state index contributed by atoms with van der Waals surface area (Å²) in [5, 5.41) is 2.74. The number of amides is 1. The van der Waals surface area contributed by atoms with Gasteiger partial charge < -0.3 is 10.2 Å². The standard InChI is InChI=1S/C12H16N2OS2/c1-10(15)13-7-8-14(9-16)12(17)11-5-3-2-4-6-11/h2-6,16H,7-9H2,1H3,(H,13,15). The van der Waals surface area contributed by atoms with Crippen molar-refractivity contribution in [3.05, 3.63) is 35.9 Å². The van der Waals surface area contributed by atoms with Crippen LogP contribution in [0.25, 0.3) is 0 Å². The number of hydrogen-bond acceptors (Lipinski definition) is 3. The molecule has 0 heterocycles. The molecule has 1 amide bonds. The lowest BCUT2D eigenvalue weighted by Gasteiger charge is -2.23. The summed E-state index contributed by atoms with van der Waals surface area (Å²) in [6, 6.07) is 9.79. The van der Waals surface area contributed by atoms with Crippen LogP contribution in [0.15, 0.2) is 30.3 Å². The van der Waals surface area contributed by atoms with E-state index in [4.69, 9.17) is 12.2 Å². The molecule has 92 valence electrons. The molecule has 1 aromatic rings. The van der Waals surface area contributed by atoms with Crippen molar-refractivity contribution in [3.8, 4) is 0 Å². The number of nitrogens with one attached hydrogen (secondary N) is 1. The van der Waals surface area contributed by atoms with Gasteiger partial charge in [-0.1, -0.05) is 42.5 Å². The Balaban J connectivity index is 2.56. The zero-order valence-corrected chi connectivity index (χ0v) is 11.4. The SMILES string of the molecule is CC(=O)NCCN(CS)C(=S)c1ccccc1. The lowest BCUT2D eigenvalue weighted by atomic mass is 10.2. The number of nitrogens with zero attached hydrogens (tertiary/aromatic N) is 1. The molecule has 0 unspecified atom stereocenters. The molecule has 1 aromatic carbocycles. The van der Waals surface area contributed by atoms with Crippen LogP contribution in [0.1, 0.15) is 12.5 Å². The number of benzene rings is 1. The van der Waals surface area contributed by atoms with Gasteiger partial charge in [-0.25, -0.2) is 0 Å². The van der Waals surface area contributed by atoms with Gasteiger partial charge >= 0.3 is 0 Å². The molecule has 0 atom stereocenters. The zero-order chi connectivity index (χ0) is 12.7. The van der Waals surface area contributed by atoms with Gasteiger partial charge in [0.15, 0.2) is 0 Å². The van der Waals surface area contributed by atoms with Crippen molar-refractivity contribution < 1.29 is 4.79 Å². The maximum atomic E-state index is 10.8. The van der Waals surface area contributed by atoms with Crippen molar-refractivity contribution in [2.24, 2.45) is 0 Å². The first kappa shape index (κ1) is 14.0. The quantitative estimate of drug-likeness (QED) is 0.484. The monoisotopic (exact) mass is 268 g/mol. The van der Waals surface area contributed by atoms with Crippen LogP contribution in [0, 0.1) is 0 Å². The maximum Gasteiger partial charge on any atom is 0.216 e. The van der Waals surface area contributed by atoms with Crippen molar-refractivity contribution >= 4 is 35.7 Å². The third-order valence-electron chi connectivity index (χ3n) is 2.23. The predicted molar refractivity (Wildman–Crippen MR) is 77.4 cm³/mol. The highest BCUT2D eigenvalue weighted by Crippen LogP contribution is 2.06. The lowest BCUT2D eigenvalue weighted by molar-refractivity contribution is -0.118. The normalized spacial score (nSPS) is 9.76. The summed E-state index contributed by atoms with van der Waals surface area (Å²) in [7, 11) is 0. The minimum absolute atomic E-state index is 0.0326. The largest absolute Gasteiger partial charge is 0.355 e. The third-order valence-corrected chi connectivity index (χ3v) is 3.07. The number of carbonyl (C=O) groups is 1. The molecule has 0 saturated carbocycles. The first-order valence-corrected chi connectivity index (χ1v) is 6.39. The van der Waals surface area contributed by atoms with Crippen LogP contribution in [0.4, 0.5) is 0 Å². The van der Waals surface area contributed by atoms with Gasteiger partial charge in [0.1, 0.15) is 4.99 Å². The maximum absolute atomic E-state index is 10.8. The second kappa shape index (κ2) is 7.29. The zero-order valence-electron chi connectivity index (χ0n) is 9.72. The fourth-order valence-electron chi connectivity index (χ4n) is 1.37. The highest BCUT2D eigenvalue weighted by Gasteiger charge is 2.09. The minimum Gasteiger partial charge on any atom is -0.355 e. The summed E-state index contributed by atoms with van der Waals surface area (Å²) in [4.78, 5) is 13.5. The Morgan fingerprint density at radius 3 is 2.59 bits per heavy atom. The van der Waals surface area contributed by atoms with Crippen LogP contribution in [0.2, 0.25) is 0 Å². The highest BCUT2D eigenvalue weighted by molar-refractivity contribution is 7.81. The van der Waals surface area contributed by atoms with E-state index in [0.717, 1.165) is 10.6 Å². The number of hydrogen-bond donors (Lipinski definition) is 2. The van der Waals surface area contributed by atoms with Crippen LogP contribution in [0.5, 0.6) is 0 Å². The molecule has 0 aliphatic rings. The van der Waals surface area contributed by atoms with E-state index in [-0.39, 0.29) is 5.91 Å². The van der Waals surface area contributed by atoms with Crippen molar-refractivity contribution in [2.75, 3.05) is 19.0 Å². The van der Waals surface area contributed by atoms with Crippen molar-refractivity contribution in [1.29, 1.82) is 0 Å². The molecule has 0 aromatic heterocycles. The fraction of sp³-hybridized carbons (Fsp3) is 0.333. The van der Waals surface area contributed by atoms with Crippen LogP contribution in [-0.4, -0.2) is 34.8 Å². The molecule has 17 heavy (non-hydrogen) atoms. The van der Waals surface area contributed by atoms with Crippen LogP contribution in [-0.2, 0) is 4.79 Å². The molecule has 0 radical (unpaired) electrons. The van der Waals surface area contributed by atoms with Crippen LogP contribution >= 0.6 is 24.8 Å². The molecule has 1 N–H and O–H groups in total. The Kier molecular flexibility index (Phi) is 6.00. The molecule has 5 heteroatoms. The van der Waals surface area contributed by atoms with Gasteiger partial charge in [-0.3, -0.25) is 4.79 Å². The molecule has 3 nitrogen and oxygen atoms in total. The van der Waals surface area contributed by atoms with Crippen LogP contribution in [0.3, 0.4) is 0 Å². The van der Waals surface area contributed by atoms with E-state index in [1.807, 2.05) is 35.2 Å². The molecule has 0 spiro atoms. The average molecular weight is 268 g/mol. The second-order valence-electron chi connectivity index (χ2n) is 3.56. The Bertz CT molecular complexity index is 381.